The Morgan fingerprint density at radius 2 is 1.97 bits per heavy atom. The first kappa shape index (κ1) is 24.4. The van der Waals surface area contributed by atoms with Gasteiger partial charge in [0.25, 0.3) is 0 Å². The summed E-state index contributed by atoms with van der Waals surface area (Å²) in [5.41, 5.74) is 0. The van der Waals surface area contributed by atoms with Crippen LogP contribution in [-0.4, -0.2) is 41.5 Å². The van der Waals surface area contributed by atoms with Crippen LogP contribution in [0.5, 0.6) is 0 Å². The summed E-state index contributed by atoms with van der Waals surface area (Å²) in [6.07, 6.45) is 14.5. The van der Waals surface area contributed by atoms with Gasteiger partial charge in [0.15, 0.2) is 0 Å². The Bertz CT molecular complexity index is 600. The highest BCUT2D eigenvalue weighted by molar-refractivity contribution is 5.76. The molecule has 2 aliphatic rings. The van der Waals surface area contributed by atoms with E-state index < -0.39 is 12.3 Å². The third-order valence-corrected chi connectivity index (χ3v) is 5.82. The van der Waals surface area contributed by atoms with E-state index >= 15 is 0 Å². The number of nitrogens with one attached hydrogen (secondary N) is 1. The molecule has 1 saturated carbocycles. The molecule has 1 saturated heterocycles. The molecule has 30 heavy (non-hydrogen) atoms. The van der Waals surface area contributed by atoms with Gasteiger partial charge in [-0.05, 0) is 39.5 Å². The lowest BCUT2D eigenvalue weighted by molar-refractivity contribution is -0.121. The van der Waals surface area contributed by atoms with Crippen molar-refractivity contribution in [1.82, 2.24) is 5.32 Å². The Labute approximate surface area is 181 Å². The van der Waals surface area contributed by atoms with Crippen LogP contribution in [0.2, 0.25) is 0 Å². The maximum atomic E-state index is 11.7. The number of ether oxygens (including phenoxy) is 2. The fourth-order valence-electron chi connectivity index (χ4n) is 4.30. The molecule has 6 nitrogen and oxygen atoms in total. The van der Waals surface area contributed by atoms with Gasteiger partial charge >= 0.3 is 6.16 Å². The summed E-state index contributed by atoms with van der Waals surface area (Å²) in [5.74, 6) is 0.305. The second kappa shape index (κ2) is 12.8. The number of unbranched alkanes of at least 4 members (excludes halogenated alkanes) is 3. The van der Waals surface area contributed by atoms with Crippen LogP contribution in [0.1, 0.15) is 78.6 Å². The molecule has 0 radical (unpaired) electrons. The standard InChI is InChI=1S/C24H39NO5/c1-4-5-8-11-18(26)14-15-20-19(21-16-22(20)30-24(28)29-21)12-9-6-7-10-13-23(27)25-17(2)3/h6,9,14-15,17-22,26H,4-5,7-8,10-13,16H2,1-3H3,(H,25,27)/b9-6-,15-14+/t18-,19+,20+,21+,22-/m0/s1. The van der Waals surface area contributed by atoms with E-state index in [-0.39, 0.29) is 36.0 Å². The first-order valence-corrected chi connectivity index (χ1v) is 11.6. The minimum atomic E-state index is -0.583. The van der Waals surface area contributed by atoms with Crippen molar-refractivity contribution in [3.8, 4) is 0 Å². The van der Waals surface area contributed by atoms with Crippen molar-refractivity contribution in [2.24, 2.45) is 11.8 Å². The number of carbonyl (C=O) groups excluding carboxylic acids is 2. The van der Waals surface area contributed by atoms with E-state index in [9.17, 15) is 14.7 Å². The van der Waals surface area contributed by atoms with Crippen molar-refractivity contribution in [1.29, 1.82) is 0 Å². The van der Waals surface area contributed by atoms with Gasteiger partial charge in [-0.15, -0.1) is 0 Å². The van der Waals surface area contributed by atoms with Gasteiger partial charge < -0.3 is 19.9 Å². The van der Waals surface area contributed by atoms with Gasteiger partial charge in [0.05, 0.1) is 6.10 Å². The monoisotopic (exact) mass is 421 g/mol. The van der Waals surface area contributed by atoms with E-state index in [1.54, 1.807) is 0 Å². The summed E-state index contributed by atoms with van der Waals surface area (Å²) >= 11 is 0. The molecule has 6 heteroatoms. The van der Waals surface area contributed by atoms with E-state index in [0.29, 0.717) is 12.8 Å². The summed E-state index contributed by atoms with van der Waals surface area (Å²) in [5, 5.41) is 13.1. The molecule has 2 fully saturated rings. The lowest BCUT2D eigenvalue weighted by Crippen LogP contribution is -2.29. The van der Waals surface area contributed by atoms with Gasteiger partial charge in [0, 0.05) is 30.7 Å². The van der Waals surface area contributed by atoms with E-state index in [1.165, 1.54) is 0 Å². The number of hydrogen-bond donors (Lipinski definition) is 2. The van der Waals surface area contributed by atoms with Crippen LogP contribution in [-0.2, 0) is 14.3 Å². The average molecular weight is 422 g/mol. The molecule has 0 spiro atoms. The van der Waals surface area contributed by atoms with Gasteiger partial charge in [0.1, 0.15) is 12.2 Å². The van der Waals surface area contributed by atoms with Gasteiger partial charge in [-0.1, -0.05) is 50.5 Å². The molecule has 1 aliphatic carbocycles. The van der Waals surface area contributed by atoms with E-state index in [2.05, 4.69) is 24.4 Å². The van der Waals surface area contributed by atoms with Crippen molar-refractivity contribution in [3.05, 3.63) is 24.3 Å². The van der Waals surface area contributed by atoms with Crippen LogP contribution in [0.15, 0.2) is 24.3 Å². The number of hydrogen-bond acceptors (Lipinski definition) is 5. The van der Waals surface area contributed by atoms with Gasteiger partial charge in [-0.2, -0.15) is 0 Å². The zero-order chi connectivity index (χ0) is 21.9. The number of aliphatic hydroxyl groups is 1. The van der Waals surface area contributed by atoms with Crippen LogP contribution in [0, 0.1) is 11.8 Å². The Morgan fingerprint density at radius 1 is 1.20 bits per heavy atom. The lowest BCUT2D eigenvalue weighted by atomic mass is 9.89. The zero-order valence-corrected chi connectivity index (χ0v) is 18.7. The summed E-state index contributed by atoms with van der Waals surface area (Å²) in [7, 11) is 0. The first-order chi connectivity index (χ1) is 14.4. The number of aliphatic hydroxyl groups excluding tert-OH is 1. The van der Waals surface area contributed by atoms with Crippen molar-refractivity contribution in [2.75, 3.05) is 0 Å². The molecule has 2 bridgehead atoms. The molecule has 170 valence electrons. The normalized spacial score (nSPS) is 26.9. The second-order valence-electron chi connectivity index (χ2n) is 8.81. The Hall–Kier alpha value is -1.82. The molecular formula is C24H39NO5. The van der Waals surface area contributed by atoms with Crippen LogP contribution < -0.4 is 5.32 Å². The fourth-order valence-corrected chi connectivity index (χ4v) is 4.30. The molecule has 5 atom stereocenters. The quantitative estimate of drug-likeness (QED) is 0.257. The van der Waals surface area contributed by atoms with E-state index in [4.69, 9.17) is 9.47 Å². The Balaban J connectivity index is 1.83. The highest BCUT2D eigenvalue weighted by Gasteiger charge is 2.49. The summed E-state index contributed by atoms with van der Waals surface area (Å²) in [6, 6.07) is 0.176. The number of rotatable bonds is 13. The molecular weight excluding hydrogens is 382 g/mol. The molecule has 0 aromatic rings. The molecule has 0 unspecified atom stereocenters. The number of allylic oxidation sites excluding steroid dienone is 2. The van der Waals surface area contributed by atoms with Gasteiger partial charge in [-0.25, -0.2) is 4.79 Å². The molecule has 2 N–H and O–H groups in total. The highest BCUT2D eigenvalue weighted by Crippen LogP contribution is 2.43. The Morgan fingerprint density at radius 3 is 2.70 bits per heavy atom. The summed E-state index contributed by atoms with van der Waals surface area (Å²) in [4.78, 5) is 23.4. The van der Waals surface area contributed by atoms with Crippen LogP contribution in [0.3, 0.4) is 0 Å². The number of fused-ring (bicyclic) bond motifs is 2. The van der Waals surface area contributed by atoms with Crippen molar-refractivity contribution >= 4 is 12.1 Å². The fraction of sp³-hybridized carbons (Fsp3) is 0.750. The SMILES string of the molecule is CCCCC[C@H](O)/C=C/[C@@H]1[C@@H](C/C=C\CCCC(=O)NC(C)C)[C@H]2C[C@@H]1OC(=O)O2. The highest BCUT2D eigenvalue weighted by atomic mass is 16.7. The van der Waals surface area contributed by atoms with Gasteiger partial charge in [0.2, 0.25) is 5.91 Å². The summed E-state index contributed by atoms with van der Waals surface area (Å²) in [6.45, 7) is 6.07. The topological polar surface area (TPSA) is 84.9 Å². The summed E-state index contributed by atoms with van der Waals surface area (Å²) < 4.78 is 10.8. The van der Waals surface area contributed by atoms with Gasteiger partial charge in [-0.3, -0.25) is 4.79 Å². The molecule has 0 aromatic heterocycles. The third kappa shape index (κ3) is 8.13. The largest absolute Gasteiger partial charge is 0.508 e. The second-order valence-corrected chi connectivity index (χ2v) is 8.81. The minimum Gasteiger partial charge on any atom is -0.430 e. The Kier molecular flexibility index (Phi) is 10.4. The van der Waals surface area contributed by atoms with Crippen LogP contribution in [0.4, 0.5) is 4.79 Å². The minimum absolute atomic E-state index is 0.0590. The van der Waals surface area contributed by atoms with E-state index in [0.717, 1.165) is 44.9 Å². The van der Waals surface area contributed by atoms with Crippen molar-refractivity contribution in [2.45, 2.75) is 103 Å². The first-order valence-electron chi connectivity index (χ1n) is 11.6. The molecule has 1 aliphatic heterocycles. The lowest BCUT2D eigenvalue weighted by Gasteiger charge is -2.20. The maximum Gasteiger partial charge on any atom is 0.508 e. The van der Waals surface area contributed by atoms with Crippen LogP contribution in [0.25, 0.3) is 0 Å². The van der Waals surface area contributed by atoms with Crippen LogP contribution >= 0.6 is 0 Å². The average Bonchev–Trinajstić information content (AvgIpc) is 2.91. The molecule has 2 rings (SSSR count). The third-order valence-electron chi connectivity index (χ3n) is 5.82. The zero-order valence-electron chi connectivity index (χ0n) is 18.7. The molecule has 1 heterocycles. The molecule has 0 aromatic carbocycles. The maximum absolute atomic E-state index is 11.7. The number of carbonyl (C=O) groups is 2. The predicted molar refractivity (Wildman–Crippen MR) is 117 cm³/mol. The molecule has 1 amide bonds. The van der Waals surface area contributed by atoms with Crippen molar-refractivity contribution < 1.29 is 24.2 Å². The number of amides is 1. The predicted octanol–water partition coefficient (Wildman–Crippen LogP) is 4.67. The van der Waals surface area contributed by atoms with Crippen molar-refractivity contribution in [3.63, 3.8) is 0 Å². The smallest absolute Gasteiger partial charge is 0.430 e. The van der Waals surface area contributed by atoms with E-state index in [1.807, 2.05) is 26.0 Å².